The van der Waals surface area contributed by atoms with Gasteiger partial charge < -0.3 is 5.43 Å². The van der Waals surface area contributed by atoms with Crippen LogP contribution in [0, 0.1) is 6.92 Å². The molecule has 16 heavy (non-hydrogen) atoms. The number of halogens is 1. The average Bonchev–Trinajstić information content (AvgIpc) is 2.28. The molecule has 4 nitrogen and oxygen atoms in total. The Morgan fingerprint density at radius 3 is 2.69 bits per heavy atom. The van der Waals surface area contributed by atoms with Gasteiger partial charge in [0.15, 0.2) is 5.82 Å². The fourth-order valence-electron chi connectivity index (χ4n) is 1.41. The van der Waals surface area contributed by atoms with Crippen molar-refractivity contribution >= 4 is 21.7 Å². The third-order valence-corrected chi connectivity index (χ3v) is 2.81. The predicted octanol–water partition coefficient (Wildman–Crippen LogP) is 2.50. The van der Waals surface area contributed by atoms with Crippen LogP contribution in [0.25, 0.3) is 11.4 Å². The van der Waals surface area contributed by atoms with E-state index < -0.39 is 0 Å². The van der Waals surface area contributed by atoms with E-state index in [1.807, 2.05) is 31.2 Å². The predicted molar refractivity (Wildman–Crippen MR) is 67.7 cm³/mol. The zero-order chi connectivity index (χ0) is 11.5. The summed E-state index contributed by atoms with van der Waals surface area (Å²) in [5.74, 6) is 6.61. The molecule has 82 valence electrons. The molecule has 3 N–H and O–H groups in total. The molecule has 0 aliphatic heterocycles. The molecule has 0 radical (unpaired) electrons. The van der Waals surface area contributed by atoms with Crippen molar-refractivity contribution in [3.8, 4) is 11.4 Å². The molecule has 0 atom stereocenters. The van der Waals surface area contributed by atoms with Gasteiger partial charge in [-0.15, -0.1) is 0 Å². The van der Waals surface area contributed by atoms with Crippen LogP contribution in [-0.4, -0.2) is 9.97 Å². The lowest BCUT2D eigenvalue weighted by molar-refractivity contribution is 1.09. The summed E-state index contributed by atoms with van der Waals surface area (Å²) in [4.78, 5) is 8.68. The third-order valence-electron chi connectivity index (χ3n) is 2.12. The van der Waals surface area contributed by atoms with Crippen molar-refractivity contribution < 1.29 is 0 Å². The fraction of sp³-hybridized carbons (Fsp3) is 0.0909. The van der Waals surface area contributed by atoms with Crippen LogP contribution in [0.3, 0.4) is 0 Å². The summed E-state index contributed by atoms with van der Waals surface area (Å²) in [6, 6.07) is 9.60. The van der Waals surface area contributed by atoms with Gasteiger partial charge in [-0.2, -0.15) is 0 Å². The van der Waals surface area contributed by atoms with E-state index >= 15 is 0 Å². The maximum Gasteiger partial charge on any atom is 0.162 e. The Bertz CT molecular complexity index is 513. The Morgan fingerprint density at radius 2 is 2.00 bits per heavy atom. The van der Waals surface area contributed by atoms with Crippen molar-refractivity contribution in [2.75, 3.05) is 5.43 Å². The van der Waals surface area contributed by atoms with Gasteiger partial charge in [0.05, 0.1) is 0 Å². The Labute approximate surface area is 102 Å². The van der Waals surface area contributed by atoms with Crippen molar-refractivity contribution in [1.29, 1.82) is 0 Å². The van der Waals surface area contributed by atoms with E-state index in [2.05, 4.69) is 31.3 Å². The van der Waals surface area contributed by atoms with Gasteiger partial charge in [0.25, 0.3) is 0 Å². The van der Waals surface area contributed by atoms with Gasteiger partial charge in [0, 0.05) is 21.8 Å². The van der Waals surface area contributed by atoms with E-state index in [1.54, 1.807) is 6.07 Å². The number of hydrogen-bond acceptors (Lipinski definition) is 4. The number of nitrogens with one attached hydrogen (secondary N) is 1. The average molecular weight is 279 g/mol. The molecule has 1 aromatic carbocycles. The first-order chi connectivity index (χ1) is 7.70. The second-order valence-corrected chi connectivity index (χ2v) is 4.20. The first-order valence-electron chi connectivity index (χ1n) is 4.78. The lowest BCUT2D eigenvalue weighted by Gasteiger charge is -2.06. The summed E-state index contributed by atoms with van der Waals surface area (Å²) < 4.78 is 0.962. The molecule has 0 saturated carbocycles. The van der Waals surface area contributed by atoms with Crippen LogP contribution in [-0.2, 0) is 0 Å². The normalized spacial score (nSPS) is 10.2. The summed E-state index contributed by atoms with van der Waals surface area (Å²) in [6.07, 6.45) is 0. The highest BCUT2D eigenvalue weighted by Crippen LogP contribution is 2.25. The van der Waals surface area contributed by atoms with Crippen LogP contribution in [0.1, 0.15) is 5.69 Å². The molecule has 2 rings (SSSR count). The van der Waals surface area contributed by atoms with Gasteiger partial charge >= 0.3 is 0 Å². The molecule has 5 heteroatoms. The molecule has 2 aromatic rings. The number of hydrogen-bond donors (Lipinski definition) is 2. The molecule has 0 bridgehead atoms. The highest BCUT2D eigenvalue weighted by Gasteiger charge is 2.07. The van der Waals surface area contributed by atoms with Crippen LogP contribution in [0.2, 0.25) is 0 Å². The van der Waals surface area contributed by atoms with Crippen molar-refractivity contribution in [2.24, 2.45) is 5.84 Å². The molecule has 0 unspecified atom stereocenters. The minimum absolute atomic E-state index is 0.609. The topological polar surface area (TPSA) is 63.8 Å². The number of nitrogen functional groups attached to an aromatic ring is 1. The zero-order valence-corrected chi connectivity index (χ0v) is 10.3. The fourth-order valence-corrected chi connectivity index (χ4v) is 1.87. The van der Waals surface area contributed by atoms with Crippen molar-refractivity contribution in [2.45, 2.75) is 6.92 Å². The standard InChI is InChI=1S/C11H11BrN4/c1-7-6-10(16-13)15-11(14-7)8-4-2-3-5-9(8)12/h2-6H,13H2,1H3,(H,14,15,16). The Hall–Kier alpha value is -1.46. The zero-order valence-electron chi connectivity index (χ0n) is 8.74. The quantitative estimate of drug-likeness (QED) is 0.655. The van der Waals surface area contributed by atoms with Crippen LogP contribution < -0.4 is 11.3 Å². The number of nitrogens with two attached hydrogens (primary N) is 1. The van der Waals surface area contributed by atoms with E-state index in [0.717, 1.165) is 15.7 Å². The number of anilines is 1. The maximum atomic E-state index is 5.35. The minimum atomic E-state index is 0.609. The van der Waals surface area contributed by atoms with E-state index in [9.17, 15) is 0 Å². The van der Waals surface area contributed by atoms with Gasteiger partial charge in [0.2, 0.25) is 0 Å². The molecule has 1 heterocycles. The Morgan fingerprint density at radius 1 is 1.25 bits per heavy atom. The molecule has 1 aromatic heterocycles. The first kappa shape index (κ1) is 11.0. The maximum absolute atomic E-state index is 5.35. The Kier molecular flexibility index (Phi) is 3.17. The van der Waals surface area contributed by atoms with Crippen molar-refractivity contribution in [3.63, 3.8) is 0 Å². The van der Waals surface area contributed by atoms with Crippen LogP contribution in [0.15, 0.2) is 34.8 Å². The van der Waals surface area contributed by atoms with E-state index in [-0.39, 0.29) is 0 Å². The van der Waals surface area contributed by atoms with Gasteiger partial charge in [-0.25, -0.2) is 15.8 Å². The van der Waals surface area contributed by atoms with E-state index in [4.69, 9.17) is 5.84 Å². The van der Waals surface area contributed by atoms with E-state index in [0.29, 0.717) is 11.6 Å². The highest BCUT2D eigenvalue weighted by molar-refractivity contribution is 9.10. The molecule has 0 saturated heterocycles. The number of aryl methyl sites for hydroxylation is 1. The lowest BCUT2D eigenvalue weighted by atomic mass is 10.2. The minimum Gasteiger partial charge on any atom is -0.308 e. The summed E-state index contributed by atoms with van der Waals surface area (Å²) >= 11 is 3.47. The number of benzene rings is 1. The summed E-state index contributed by atoms with van der Waals surface area (Å²) in [5.41, 5.74) is 4.35. The van der Waals surface area contributed by atoms with E-state index in [1.165, 1.54) is 0 Å². The second-order valence-electron chi connectivity index (χ2n) is 3.34. The smallest absolute Gasteiger partial charge is 0.162 e. The highest BCUT2D eigenvalue weighted by atomic mass is 79.9. The summed E-state index contributed by atoms with van der Waals surface area (Å²) in [5, 5.41) is 0. The molecule has 0 aliphatic rings. The third kappa shape index (κ3) is 2.20. The SMILES string of the molecule is Cc1cc(NN)nc(-c2ccccc2Br)n1. The summed E-state index contributed by atoms with van der Waals surface area (Å²) in [6.45, 7) is 1.91. The van der Waals surface area contributed by atoms with Gasteiger partial charge in [0.1, 0.15) is 5.82 Å². The van der Waals surface area contributed by atoms with Gasteiger partial charge in [-0.05, 0) is 13.0 Å². The van der Waals surface area contributed by atoms with Crippen LogP contribution in [0.4, 0.5) is 5.82 Å². The number of nitrogens with zero attached hydrogens (tertiary/aromatic N) is 2. The number of aromatic nitrogens is 2. The largest absolute Gasteiger partial charge is 0.308 e. The molecular formula is C11H11BrN4. The monoisotopic (exact) mass is 278 g/mol. The van der Waals surface area contributed by atoms with Gasteiger partial charge in [-0.1, -0.05) is 34.1 Å². The second kappa shape index (κ2) is 4.59. The van der Waals surface area contributed by atoms with Crippen molar-refractivity contribution in [1.82, 2.24) is 9.97 Å². The molecule has 0 fully saturated rings. The summed E-state index contributed by atoms with van der Waals surface area (Å²) in [7, 11) is 0. The molecule has 0 amide bonds. The number of hydrazine groups is 1. The first-order valence-corrected chi connectivity index (χ1v) is 5.57. The number of rotatable bonds is 2. The molecule has 0 spiro atoms. The molecule has 0 aliphatic carbocycles. The van der Waals surface area contributed by atoms with Gasteiger partial charge in [-0.3, -0.25) is 0 Å². The Balaban J connectivity index is 2.56. The van der Waals surface area contributed by atoms with Crippen LogP contribution in [0.5, 0.6) is 0 Å². The van der Waals surface area contributed by atoms with Crippen LogP contribution >= 0.6 is 15.9 Å². The molecular weight excluding hydrogens is 268 g/mol. The lowest BCUT2D eigenvalue weighted by Crippen LogP contribution is -2.10. The van der Waals surface area contributed by atoms with Crippen molar-refractivity contribution in [3.05, 3.63) is 40.5 Å².